The molecule has 2 aromatic carbocycles. The maximum atomic E-state index is 7.60. The molecule has 0 aliphatic heterocycles. The molecule has 2 aromatic rings. The second kappa shape index (κ2) is 5.04. The summed E-state index contributed by atoms with van der Waals surface area (Å²) < 4.78 is 22.8. The fourth-order valence-electron chi connectivity index (χ4n) is 3.29. The fourth-order valence-corrected chi connectivity index (χ4v) is 3.29. The molecule has 0 amide bonds. The SMILES string of the molecule is [2H]C([2H])([2H])/C(C)=C/c1ccccc1C1(C)C(C)=C1c1ccccc1. The topological polar surface area (TPSA) is 0 Å². The van der Waals surface area contributed by atoms with E-state index in [2.05, 4.69) is 44.2 Å². The number of allylic oxidation sites excluding steroid dienone is 3. The zero-order chi connectivity index (χ0) is 17.5. The van der Waals surface area contributed by atoms with E-state index in [1.165, 1.54) is 22.3 Å². The molecule has 0 aromatic heterocycles. The van der Waals surface area contributed by atoms with Gasteiger partial charge in [-0.3, -0.25) is 0 Å². The standard InChI is InChI=1S/C21H22/c1-15(2)14-18-12-8-9-13-19(18)21(4)16(3)20(21)17-10-6-5-7-11-17/h5-14H,1-4H3/i1D3/b15-14-. The molecule has 0 fully saturated rings. The van der Waals surface area contributed by atoms with Crippen molar-refractivity contribution in [3.05, 3.63) is 82.4 Å². The van der Waals surface area contributed by atoms with Gasteiger partial charge in [-0.15, -0.1) is 0 Å². The summed E-state index contributed by atoms with van der Waals surface area (Å²) in [6.45, 7) is 4.02. The van der Waals surface area contributed by atoms with Gasteiger partial charge in [0.25, 0.3) is 0 Å². The minimum absolute atomic E-state index is 0.122. The van der Waals surface area contributed by atoms with E-state index in [9.17, 15) is 0 Å². The smallest absolute Gasteiger partial charge is 0.0398 e. The molecule has 1 aliphatic carbocycles. The van der Waals surface area contributed by atoms with Crippen LogP contribution in [0, 0.1) is 0 Å². The Labute approximate surface area is 132 Å². The summed E-state index contributed by atoms with van der Waals surface area (Å²) in [4.78, 5) is 0. The number of hydrogen-bond donors (Lipinski definition) is 0. The van der Waals surface area contributed by atoms with E-state index in [1.807, 2.05) is 30.3 Å². The van der Waals surface area contributed by atoms with Gasteiger partial charge >= 0.3 is 0 Å². The molecular formula is C21H22. The lowest BCUT2D eigenvalue weighted by Crippen LogP contribution is -2.09. The van der Waals surface area contributed by atoms with Gasteiger partial charge in [0.2, 0.25) is 0 Å². The van der Waals surface area contributed by atoms with Crippen LogP contribution in [0.4, 0.5) is 0 Å². The van der Waals surface area contributed by atoms with E-state index in [4.69, 9.17) is 4.11 Å². The number of hydrogen-bond acceptors (Lipinski definition) is 0. The van der Waals surface area contributed by atoms with Crippen molar-refractivity contribution in [1.29, 1.82) is 0 Å². The maximum Gasteiger partial charge on any atom is 0.0398 e. The summed E-state index contributed by atoms with van der Waals surface area (Å²) in [6, 6.07) is 18.5. The Balaban J connectivity index is 2.04. The van der Waals surface area contributed by atoms with E-state index in [-0.39, 0.29) is 5.41 Å². The largest absolute Gasteiger partial charge is 0.0758 e. The summed E-state index contributed by atoms with van der Waals surface area (Å²) in [5.74, 6) is 0. The van der Waals surface area contributed by atoms with E-state index < -0.39 is 6.85 Å². The lowest BCUT2D eigenvalue weighted by molar-refractivity contribution is 0.842. The van der Waals surface area contributed by atoms with Crippen molar-refractivity contribution < 1.29 is 4.11 Å². The van der Waals surface area contributed by atoms with Crippen molar-refractivity contribution in [3.8, 4) is 0 Å². The van der Waals surface area contributed by atoms with Crippen molar-refractivity contribution in [1.82, 2.24) is 0 Å². The maximum absolute atomic E-state index is 7.60. The first-order valence-corrected chi connectivity index (χ1v) is 7.32. The average Bonchev–Trinajstić information content (AvgIpc) is 3.10. The van der Waals surface area contributed by atoms with Crippen LogP contribution < -0.4 is 0 Å². The Morgan fingerprint density at radius 1 is 1.05 bits per heavy atom. The molecule has 0 saturated heterocycles. The molecule has 0 heteroatoms. The predicted molar refractivity (Wildman–Crippen MR) is 92.2 cm³/mol. The summed E-state index contributed by atoms with van der Waals surface area (Å²) in [5, 5.41) is 0. The Bertz CT molecular complexity index is 826. The highest BCUT2D eigenvalue weighted by molar-refractivity contribution is 5.96. The van der Waals surface area contributed by atoms with Gasteiger partial charge in [-0.2, -0.15) is 0 Å². The highest BCUT2D eigenvalue weighted by Crippen LogP contribution is 2.59. The molecular weight excluding hydrogens is 252 g/mol. The predicted octanol–water partition coefficient (Wildman–Crippen LogP) is 5.85. The van der Waals surface area contributed by atoms with E-state index in [1.54, 1.807) is 6.92 Å². The number of rotatable bonds is 3. The first-order chi connectivity index (χ1) is 11.3. The van der Waals surface area contributed by atoms with Crippen molar-refractivity contribution in [2.45, 2.75) is 33.0 Å². The van der Waals surface area contributed by atoms with E-state index in [0.717, 1.165) is 5.56 Å². The molecule has 0 radical (unpaired) electrons. The lowest BCUT2D eigenvalue weighted by atomic mass is 9.85. The summed E-state index contributed by atoms with van der Waals surface area (Å²) in [7, 11) is 0. The Hall–Kier alpha value is -2.08. The molecule has 0 spiro atoms. The average molecular weight is 277 g/mol. The molecule has 0 heterocycles. The molecule has 1 aliphatic rings. The zero-order valence-electron chi connectivity index (χ0n) is 15.8. The van der Waals surface area contributed by atoms with Crippen LogP contribution in [0.1, 0.15) is 48.4 Å². The third-order valence-corrected chi connectivity index (χ3v) is 4.50. The van der Waals surface area contributed by atoms with Crippen LogP contribution in [0.25, 0.3) is 11.6 Å². The first kappa shape index (κ1) is 10.6. The Morgan fingerprint density at radius 2 is 1.71 bits per heavy atom. The molecule has 1 atom stereocenters. The van der Waals surface area contributed by atoms with Gasteiger partial charge in [-0.05, 0) is 49.9 Å². The van der Waals surface area contributed by atoms with Gasteiger partial charge in [0.1, 0.15) is 0 Å². The van der Waals surface area contributed by atoms with Crippen molar-refractivity contribution in [2.75, 3.05) is 0 Å². The van der Waals surface area contributed by atoms with Crippen LogP contribution in [-0.4, -0.2) is 0 Å². The monoisotopic (exact) mass is 277 g/mol. The molecule has 3 rings (SSSR count). The highest BCUT2D eigenvalue weighted by atomic mass is 14.5. The molecule has 0 bridgehead atoms. The second-order valence-electron chi connectivity index (χ2n) is 5.91. The van der Waals surface area contributed by atoms with Gasteiger partial charge in [0.05, 0.1) is 0 Å². The summed E-state index contributed by atoms with van der Waals surface area (Å²) >= 11 is 0. The fraction of sp³-hybridized carbons (Fsp3) is 0.238. The van der Waals surface area contributed by atoms with Crippen LogP contribution in [-0.2, 0) is 5.41 Å². The minimum atomic E-state index is -2.05. The number of benzene rings is 2. The lowest BCUT2D eigenvalue weighted by Gasteiger charge is -2.18. The zero-order valence-corrected chi connectivity index (χ0v) is 12.8. The highest BCUT2D eigenvalue weighted by Gasteiger charge is 2.48. The molecule has 0 N–H and O–H groups in total. The molecule has 0 saturated carbocycles. The Kier molecular flexibility index (Phi) is 2.55. The third-order valence-electron chi connectivity index (χ3n) is 4.50. The molecule has 0 nitrogen and oxygen atoms in total. The molecule has 21 heavy (non-hydrogen) atoms. The van der Waals surface area contributed by atoms with Crippen LogP contribution in [0.3, 0.4) is 0 Å². The van der Waals surface area contributed by atoms with Crippen LogP contribution in [0.15, 0.2) is 65.7 Å². The summed E-state index contributed by atoms with van der Waals surface area (Å²) in [6.07, 6.45) is 1.81. The van der Waals surface area contributed by atoms with Gasteiger partial charge < -0.3 is 0 Å². The quantitative estimate of drug-likeness (QED) is 0.659. The second-order valence-corrected chi connectivity index (χ2v) is 5.91. The molecule has 106 valence electrons. The summed E-state index contributed by atoms with van der Waals surface area (Å²) in [5.41, 5.74) is 6.38. The first-order valence-electron chi connectivity index (χ1n) is 8.82. The third kappa shape index (κ3) is 2.25. The van der Waals surface area contributed by atoms with Crippen molar-refractivity contribution >= 4 is 11.6 Å². The van der Waals surface area contributed by atoms with Gasteiger partial charge in [0.15, 0.2) is 0 Å². The van der Waals surface area contributed by atoms with Gasteiger partial charge in [-0.25, -0.2) is 0 Å². The Morgan fingerprint density at radius 3 is 2.43 bits per heavy atom. The minimum Gasteiger partial charge on any atom is -0.0758 e. The molecule has 1 unspecified atom stereocenters. The van der Waals surface area contributed by atoms with Gasteiger partial charge in [-0.1, -0.05) is 71.8 Å². The van der Waals surface area contributed by atoms with Crippen molar-refractivity contribution in [3.63, 3.8) is 0 Å². The van der Waals surface area contributed by atoms with Crippen LogP contribution in [0.2, 0.25) is 0 Å². The van der Waals surface area contributed by atoms with Crippen molar-refractivity contribution in [2.24, 2.45) is 0 Å². The van der Waals surface area contributed by atoms with E-state index >= 15 is 0 Å². The van der Waals surface area contributed by atoms with E-state index in [0.29, 0.717) is 5.57 Å². The van der Waals surface area contributed by atoms with Crippen LogP contribution >= 0.6 is 0 Å². The van der Waals surface area contributed by atoms with Crippen LogP contribution in [0.5, 0.6) is 0 Å². The normalized spacial score (nSPS) is 24.3. The van der Waals surface area contributed by atoms with Gasteiger partial charge in [0, 0.05) is 9.53 Å².